The van der Waals surface area contributed by atoms with Gasteiger partial charge in [0, 0.05) is 27.1 Å². The van der Waals surface area contributed by atoms with Crippen LogP contribution in [-0.4, -0.2) is 9.13 Å². The molecule has 14 heteroatoms. The lowest BCUT2D eigenvalue weighted by Crippen LogP contribution is -2.05. The highest BCUT2D eigenvalue weighted by Crippen LogP contribution is 2.48. The second kappa shape index (κ2) is 22.3. The van der Waals surface area contributed by atoms with Crippen molar-refractivity contribution in [3.63, 3.8) is 0 Å². The third kappa shape index (κ3) is 9.68. The number of aromatic nitrogens is 2. The first kappa shape index (κ1) is 56.4. The Kier molecular flexibility index (Phi) is 13.8. The Morgan fingerprint density at radius 2 is 0.747 bits per heavy atom. The first-order valence-electron chi connectivity index (χ1n) is 27.9. The van der Waals surface area contributed by atoms with E-state index in [1.165, 1.54) is 24.3 Å². The highest BCUT2D eigenvalue weighted by Gasteiger charge is 2.32. The average Bonchev–Trinajstić information content (AvgIpc) is 1.60. The van der Waals surface area contributed by atoms with Crippen LogP contribution >= 0.6 is 0 Å². The quantitative estimate of drug-likeness (QED) is 0.140. The first-order valence-corrected chi connectivity index (χ1v) is 27.9. The minimum atomic E-state index is -4.67. The van der Waals surface area contributed by atoms with E-state index in [0.717, 1.165) is 22.9 Å². The number of nitriles is 4. The number of alkyl halides is 3. The summed E-state index contributed by atoms with van der Waals surface area (Å²) in [5.74, 6) is 0. The molecule has 2 aromatic heterocycles. The number of benzene rings is 11. The zero-order valence-corrected chi connectivity index (χ0v) is 47.6. The predicted molar refractivity (Wildman–Crippen MR) is 348 cm³/mol. The van der Waals surface area contributed by atoms with Gasteiger partial charge in [-0.05, 0) is 177 Å². The van der Waals surface area contributed by atoms with Crippen molar-refractivity contribution in [3.8, 4) is 102 Å². The molecule has 91 heavy (non-hydrogen) atoms. The molecular formula is C77H36F3N11. The van der Waals surface area contributed by atoms with Crippen LogP contribution in [0.3, 0.4) is 0 Å². The largest absolute Gasteiger partial charge is 0.416 e. The van der Waals surface area contributed by atoms with E-state index in [2.05, 4.69) is 53.1 Å². The van der Waals surface area contributed by atoms with Crippen LogP contribution in [0, 0.1) is 85.1 Å². The second-order valence-corrected chi connectivity index (χ2v) is 21.5. The van der Waals surface area contributed by atoms with Gasteiger partial charge in [0.2, 0.25) is 0 Å². The van der Waals surface area contributed by atoms with E-state index >= 15 is 0 Å². The Morgan fingerprint density at radius 1 is 0.341 bits per heavy atom. The summed E-state index contributed by atoms with van der Waals surface area (Å²) in [4.78, 5) is 18.7. The van der Waals surface area contributed by atoms with E-state index in [0.29, 0.717) is 139 Å². The Hall–Kier alpha value is -13.8. The summed E-state index contributed by atoms with van der Waals surface area (Å²) in [5, 5.41) is 43.2. The predicted octanol–water partition coefficient (Wildman–Crippen LogP) is 21.5. The number of nitrogens with zero attached hydrogens (tertiary/aromatic N) is 11. The van der Waals surface area contributed by atoms with E-state index < -0.39 is 11.7 Å². The summed E-state index contributed by atoms with van der Waals surface area (Å²) < 4.78 is 48.4. The summed E-state index contributed by atoms with van der Waals surface area (Å²) in [7, 11) is 0. The van der Waals surface area contributed by atoms with Crippen LogP contribution in [0.5, 0.6) is 0 Å². The maximum Gasteiger partial charge on any atom is 0.416 e. The van der Waals surface area contributed by atoms with Crippen LogP contribution in [0.1, 0.15) is 33.4 Å². The lowest BCUT2D eigenvalue weighted by molar-refractivity contribution is -0.137. The van der Waals surface area contributed by atoms with Crippen LogP contribution in [0.4, 0.5) is 41.6 Å². The average molecular weight is 1170 g/mol. The van der Waals surface area contributed by atoms with Gasteiger partial charge in [-0.1, -0.05) is 97.1 Å². The van der Waals surface area contributed by atoms with Gasteiger partial charge in [-0.25, -0.2) is 24.2 Å². The van der Waals surface area contributed by atoms with Crippen molar-refractivity contribution in [2.75, 3.05) is 0 Å². The molecule has 11 aromatic carbocycles. The van der Waals surface area contributed by atoms with Crippen LogP contribution in [0.15, 0.2) is 200 Å². The Bertz CT molecular complexity index is 5530. The molecule has 0 N–H and O–H groups in total. The van der Waals surface area contributed by atoms with Gasteiger partial charge in [0.05, 0.1) is 118 Å². The van der Waals surface area contributed by atoms with Crippen LogP contribution in [-0.2, 0) is 6.18 Å². The molecule has 0 aliphatic carbocycles. The fourth-order valence-corrected chi connectivity index (χ4v) is 12.2. The second-order valence-electron chi connectivity index (χ2n) is 21.5. The van der Waals surface area contributed by atoms with E-state index in [1.807, 2.05) is 95.6 Å². The maximum absolute atomic E-state index is 14.8. The molecule has 0 fully saturated rings. The minimum absolute atomic E-state index is 0.261. The molecule has 0 saturated carbocycles. The maximum atomic E-state index is 14.8. The van der Waals surface area contributed by atoms with Crippen molar-refractivity contribution in [3.05, 3.63) is 291 Å². The van der Waals surface area contributed by atoms with E-state index in [1.54, 1.807) is 79.7 Å². The zero-order chi connectivity index (χ0) is 63.4. The minimum Gasteiger partial charge on any atom is -0.309 e. The Balaban J connectivity index is 1.13. The molecule has 0 amide bonds. The molecular weight excluding hydrogens is 1140 g/mol. The van der Waals surface area contributed by atoms with Crippen molar-refractivity contribution < 1.29 is 13.2 Å². The standard InChI is InChI=1S/C77H36F3N11/c1-44-27-52(31-55(28-44)77(78,79)80)47-9-19-63(76(36-47)91-73-24-12-50(61-20-14-57(86-3)38-69(61)88-5)34-66(73)67-35-51(13-25-74(67)91)62-21-15-58(87-4)39-70(62)89-6)68-37-56(85-2)16-26-75(68)90-71-22-10-48(59-17-7-45(40-81)29-53(59)42-83)32-64(71)65-33-49(11-23-72(65)90)60-18-8-46(41-82)30-54(60)43-84/h7-39H,1H3. The third-order valence-electron chi connectivity index (χ3n) is 16.4. The molecule has 11 nitrogen and oxygen atoms in total. The summed E-state index contributed by atoms with van der Waals surface area (Å²) in [6.07, 6.45) is -4.67. The lowest BCUT2D eigenvalue weighted by atomic mass is 9.94. The SMILES string of the molecule is [C-]#[N+]c1ccc(-c2ccc3c(c2)c2cc(-c4ccc([N+]#[C-])cc4[N+]#[C-])ccc2n3-c2cc(-c3cc(C)cc(C(F)(F)F)c3)ccc2-c2cc([N+]#[C-])ccc2-n2c3ccc(-c4ccc(C#N)cc4C#N)cc3c3cc(-c4ccc(C#N)cc4C#N)ccc32)c([N+]#[C-])c1. The van der Waals surface area contributed by atoms with Crippen LogP contribution in [0.2, 0.25) is 0 Å². The molecule has 13 rings (SSSR count). The number of rotatable bonds is 8. The van der Waals surface area contributed by atoms with Gasteiger partial charge in [0.15, 0.2) is 28.4 Å². The van der Waals surface area contributed by atoms with Gasteiger partial charge in [0.1, 0.15) is 0 Å². The smallest absolute Gasteiger partial charge is 0.309 e. The van der Waals surface area contributed by atoms with Gasteiger partial charge >= 0.3 is 6.18 Å². The van der Waals surface area contributed by atoms with Gasteiger partial charge in [-0.2, -0.15) is 34.2 Å². The molecule has 0 atom stereocenters. The molecule has 2 heterocycles. The van der Waals surface area contributed by atoms with Crippen molar-refractivity contribution in [2.45, 2.75) is 13.1 Å². The van der Waals surface area contributed by atoms with Crippen molar-refractivity contribution in [1.29, 1.82) is 21.0 Å². The number of hydrogen-bond acceptors (Lipinski definition) is 4. The van der Waals surface area contributed by atoms with Crippen LogP contribution in [0.25, 0.3) is 146 Å². The normalized spacial score (nSPS) is 11.0. The highest BCUT2D eigenvalue weighted by molar-refractivity contribution is 6.15. The monoisotopic (exact) mass is 1170 g/mol. The van der Waals surface area contributed by atoms with Crippen LogP contribution < -0.4 is 0 Å². The fourth-order valence-electron chi connectivity index (χ4n) is 12.2. The molecule has 0 unspecified atom stereocenters. The summed E-state index contributed by atoms with van der Waals surface area (Å²) in [5.41, 5.74) is 12.8. The van der Waals surface area contributed by atoms with Gasteiger partial charge in [-0.15, -0.1) is 0 Å². The van der Waals surface area contributed by atoms with Gasteiger partial charge in [0.25, 0.3) is 0 Å². The van der Waals surface area contributed by atoms with E-state index in [9.17, 15) is 34.2 Å². The van der Waals surface area contributed by atoms with Crippen molar-refractivity contribution in [1.82, 2.24) is 9.13 Å². The highest BCUT2D eigenvalue weighted by atomic mass is 19.4. The first-order chi connectivity index (χ1) is 44.2. The Morgan fingerprint density at radius 3 is 1.18 bits per heavy atom. The fraction of sp³-hybridized carbons (Fsp3) is 0.0260. The topological polar surface area (TPSA) is 127 Å². The van der Waals surface area contributed by atoms with Gasteiger partial charge in [-0.3, -0.25) is 0 Å². The molecule has 0 spiro atoms. The molecule has 0 aliphatic rings. The summed E-state index contributed by atoms with van der Waals surface area (Å²) in [6, 6.07) is 66.2. The van der Waals surface area contributed by atoms with Gasteiger partial charge < -0.3 is 9.13 Å². The van der Waals surface area contributed by atoms with E-state index in [-0.39, 0.29) is 28.2 Å². The Labute approximate surface area is 519 Å². The number of halogens is 3. The summed E-state index contributed by atoms with van der Waals surface area (Å²) in [6.45, 7) is 41.7. The molecule has 0 bridgehead atoms. The number of hydrogen-bond donors (Lipinski definition) is 0. The van der Waals surface area contributed by atoms with Crippen molar-refractivity contribution in [2.24, 2.45) is 0 Å². The number of aryl methyl sites for hydroxylation is 1. The molecule has 13 aromatic rings. The molecule has 420 valence electrons. The number of fused-ring (bicyclic) bond motifs is 6. The lowest BCUT2D eigenvalue weighted by Gasteiger charge is -2.21. The molecule has 0 saturated heterocycles. The summed E-state index contributed by atoms with van der Waals surface area (Å²) >= 11 is 0. The van der Waals surface area contributed by atoms with E-state index in [4.69, 9.17) is 32.9 Å². The third-order valence-corrected chi connectivity index (χ3v) is 16.4. The zero-order valence-electron chi connectivity index (χ0n) is 47.6. The van der Waals surface area contributed by atoms with Crippen molar-refractivity contribution >= 4 is 72.0 Å². The molecule has 0 aliphatic heterocycles. The molecule has 0 radical (unpaired) electrons.